The quantitative estimate of drug-likeness (QED) is 0.152. The summed E-state index contributed by atoms with van der Waals surface area (Å²) in [6, 6.07) is 19.1. The standard InChI is InChI=1S/C11H13N.4C10H12N2.5C2H6/c1-8-4-5-10-6-7-12(3)11(10)9(8)2;1-7-8(2)11-6-9-4-5-12(3)10(7)9;1-7-6-11-9-4-5-12(3)10(9)8(7)2;1-7-4-5-9-10(8(7)2)12(3)6-11-9;1-7-4-5-9-6-11-12(3)10(9)8(7)2;5*1-2/h4-7H,1-3H3;4*4-6H,1-3H3;5*1-2H3. The molecular formula is C61H91N9. The normalized spacial score (nSPS) is 9.79. The van der Waals surface area contributed by atoms with Crippen LogP contribution >= 0.6 is 0 Å². The van der Waals surface area contributed by atoms with Crippen molar-refractivity contribution >= 4 is 54.8 Å². The van der Waals surface area contributed by atoms with Crippen LogP contribution in [0.15, 0.2) is 98.1 Å². The zero-order valence-electron chi connectivity index (χ0n) is 48.3. The first-order valence-corrected chi connectivity index (χ1v) is 25.5. The molecule has 0 saturated heterocycles. The molecule has 7 aromatic heterocycles. The summed E-state index contributed by atoms with van der Waals surface area (Å²) >= 11 is 0. The second-order valence-electron chi connectivity index (χ2n) is 16.2. The monoisotopic (exact) mass is 950 g/mol. The number of hydrogen-bond acceptors (Lipinski definition) is 4. The third-order valence-corrected chi connectivity index (χ3v) is 12.2. The molecular weight excluding hydrogens is 859 g/mol. The molecule has 0 aliphatic heterocycles. The van der Waals surface area contributed by atoms with Gasteiger partial charge in [-0.3, -0.25) is 14.6 Å². The van der Waals surface area contributed by atoms with E-state index in [9.17, 15) is 0 Å². The highest BCUT2D eigenvalue weighted by molar-refractivity contribution is 5.85. The number of aryl methyl sites for hydroxylation is 15. The maximum atomic E-state index is 4.34. The van der Waals surface area contributed by atoms with Crippen LogP contribution in [0.3, 0.4) is 0 Å². The molecule has 9 nitrogen and oxygen atoms in total. The smallest absolute Gasteiger partial charge is 0.0955 e. The number of fused-ring (bicyclic) bond motifs is 5. The van der Waals surface area contributed by atoms with E-state index in [0.29, 0.717) is 0 Å². The molecule has 0 atom stereocenters. The van der Waals surface area contributed by atoms with E-state index in [1.165, 1.54) is 93.8 Å². The van der Waals surface area contributed by atoms with Crippen molar-refractivity contribution in [2.24, 2.45) is 35.2 Å². The largest absolute Gasteiger partial charge is 0.350 e. The third kappa shape index (κ3) is 14.8. The summed E-state index contributed by atoms with van der Waals surface area (Å²) in [7, 11) is 10.2. The van der Waals surface area contributed by atoms with Crippen molar-refractivity contribution in [2.45, 2.75) is 138 Å². The first-order chi connectivity index (χ1) is 33.5. The third-order valence-electron chi connectivity index (χ3n) is 12.2. The van der Waals surface area contributed by atoms with Crippen molar-refractivity contribution in [3.05, 3.63) is 154 Å². The lowest BCUT2D eigenvalue weighted by Crippen LogP contribution is -1.92. The van der Waals surface area contributed by atoms with Gasteiger partial charge in [0.25, 0.3) is 0 Å². The number of hydrogen-bond donors (Lipinski definition) is 0. The minimum absolute atomic E-state index is 1.08. The molecule has 0 N–H and O–H groups in total. The van der Waals surface area contributed by atoms with E-state index < -0.39 is 0 Å². The van der Waals surface area contributed by atoms with Crippen LogP contribution in [0.1, 0.15) is 125 Å². The van der Waals surface area contributed by atoms with Crippen LogP contribution in [0.2, 0.25) is 0 Å². The SMILES string of the molecule is CC.CC.CC.CC.CC.Cc1ccc2ccn(C)c2c1C.Cc1ccc2cnn(C)c2c1C.Cc1ccc2ncn(C)c2c1C.Cc1cnc2ccn(C)c2c1C.Cc1ncc2ccn(C)c2c1C. The number of benzene rings is 3. The average molecular weight is 950 g/mol. The lowest BCUT2D eigenvalue weighted by Gasteiger charge is -2.03. The minimum atomic E-state index is 1.08. The van der Waals surface area contributed by atoms with Crippen LogP contribution in [-0.2, 0) is 35.2 Å². The van der Waals surface area contributed by atoms with Gasteiger partial charge in [0, 0.05) is 82.7 Å². The van der Waals surface area contributed by atoms with E-state index >= 15 is 0 Å². The zero-order valence-corrected chi connectivity index (χ0v) is 48.3. The summed E-state index contributed by atoms with van der Waals surface area (Å²) in [5.41, 5.74) is 21.6. The van der Waals surface area contributed by atoms with Gasteiger partial charge in [0.15, 0.2) is 0 Å². The van der Waals surface area contributed by atoms with Crippen LogP contribution in [0.4, 0.5) is 0 Å². The van der Waals surface area contributed by atoms with Gasteiger partial charge in [0.1, 0.15) is 0 Å². The van der Waals surface area contributed by atoms with E-state index in [-0.39, 0.29) is 0 Å². The second kappa shape index (κ2) is 30.2. The molecule has 10 aromatic rings. The molecule has 0 fully saturated rings. The van der Waals surface area contributed by atoms with Crippen molar-refractivity contribution in [3.63, 3.8) is 0 Å². The van der Waals surface area contributed by atoms with Gasteiger partial charge in [-0.25, -0.2) is 4.98 Å². The predicted molar refractivity (Wildman–Crippen MR) is 310 cm³/mol. The Balaban J connectivity index is 0.000000418. The molecule has 0 unspecified atom stereocenters. The van der Waals surface area contributed by atoms with Gasteiger partial charge >= 0.3 is 0 Å². The Hall–Kier alpha value is -6.48. The molecule has 70 heavy (non-hydrogen) atoms. The zero-order chi connectivity index (χ0) is 53.6. The van der Waals surface area contributed by atoms with Crippen molar-refractivity contribution in [3.8, 4) is 0 Å². The first kappa shape index (κ1) is 61.5. The Labute approximate surface area is 423 Å². The molecule has 10 rings (SSSR count). The summed E-state index contributed by atoms with van der Waals surface area (Å²) in [5.74, 6) is 0. The van der Waals surface area contributed by atoms with E-state index in [2.05, 4.69) is 183 Å². The summed E-state index contributed by atoms with van der Waals surface area (Å²) in [5, 5.41) is 7.99. The van der Waals surface area contributed by atoms with Gasteiger partial charge in [-0.1, -0.05) is 99.6 Å². The molecule has 0 bridgehead atoms. The first-order valence-electron chi connectivity index (χ1n) is 25.5. The van der Waals surface area contributed by atoms with Crippen LogP contribution < -0.4 is 0 Å². The predicted octanol–water partition coefficient (Wildman–Crippen LogP) is 16.7. The molecule has 0 amide bonds. The molecule has 3 aromatic carbocycles. The molecule has 0 aliphatic carbocycles. The van der Waals surface area contributed by atoms with Crippen LogP contribution in [0, 0.1) is 69.2 Å². The molecule has 9 heteroatoms. The van der Waals surface area contributed by atoms with Crippen molar-refractivity contribution in [1.29, 1.82) is 0 Å². The Morgan fingerprint density at radius 1 is 0.314 bits per heavy atom. The van der Waals surface area contributed by atoms with Gasteiger partial charge in [-0.05, 0) is 149 Å². The van der Waals surface area contributed by atoms with Gasteiger partial charge in [-0.15, -0.1) is 0 Å². The van der Waals surface area contributed by atoms with E-state index in [0.717, 1.165) is 16.7 Å². The van der Waals surface area contributed by atoms with Crippen LogP contribution in [0.5, 0.6) is 0 Å². The highest BCUT2D eigenvalue weighted by Crippen LogP contribution is 2.24. The van der Waals surface area contributed by atoms with Crippen molar-refractivity contribution in [2.75, 3.05) is 0 Å². The molecule has 0 radical (unpaired) electrons. The average Bonchev–Trinajstić information content (AvgIpc) is 4.23. The Kier molecular flexibility index (Phi) is 26.5. The molecule has 0 aliphatic rings. The number of nitrogens with zero attached hydrogens (tertiary/aromatic N) is 9. The minimum Gasteiger partial charge on any atom is -0.350 e. The summed E-state index contributed by atoms with van der Waals surface area (Å²) in [6.07, 6.45) is 13.8. The second-order valence-corrected chi connectivity index (χ2v) is 16.2. The van der Waals surface area contributed by atoms with Gasteiger partial charge in [-0.2, -0.15) is 5.10 Å². The van der Waals surface area contributed by atoms with E-state index in [4.69, 9.17) is 0 Å². The van der Waals surface area contributed by atoms with E-state index in [1.54, 1.807) is 0 Å². The number of rotatable bonds is 0. The van der Waals surface area contributed by atoms with E-state index in [1.807, 2.05) is 132 Å². The number of imidazole rings is 1. The van der Waals surface area contributed by atoms with Gasteiger partial charge in [0.05, 0.1) is 51.1 Å². The van der Waals surface area contributed by atoms with Gasteiger partial charge in [0.2, 0.25) is 0 Å². The Bertz CT molecular complexity index is 2620. The van der Waals surface area contributed by atoms with Crippen LogP contribution in [-0.4, -0.2) is 43.0 Å². The van der Waals surface area contributed by atoms with Crippen LogP contribution in [0.25, 0.3) is 54.8 Å². The summed E-state index contributed by atoms with van der Waals surface area (Å²) in [4.78, 5) is 12.9. The van der Waals surface area contributed by atoms with Gasteiger partial charge < -0.3 is 18.3 Å². The lowest BCUT2D eigenvalue weighted by molar-refractivity contribution is 0.794. The topological polar surface area (TPSA) is 76.2 Å². The summed E-state index contributed by atoms with van der Waals surface area (Å²) < 4.78 is 10.4. The highest BCUT2D eigenvalue weighted by Gasteiger charge is 2.07. The fourth-order valence-corrected chi connectivity index (χ4v) is 7.89. The molecule has 380 valence electrons. The maximum absolute atomic E-state index is 4.34. The maximum Gasteiger partial charge on any atom is 0.0955 e. The Morgan fingerprint density at radius 2 is 0.714 bits per heavy atom. The number of aromatic nitrogens is 9. The van der Waals surface area contributed by atoms with Crippen molar-refractivity contribution in [1.82, 2.24) is 43.0 Å². The fraction of sp³-hybridized carbons (Fsp3) is 0.410. The lowest BCUT2D eigenvalue weighted by atomic mass is 10.1. The molecule has 0 saturated carbocycles. The summed E-state index contributed by atoms with van der Waals surface area (Å²) in [6.45, 7) is 41.3. The highest BCUT2D eigenvalue weighted by atomic mass is 15.2. The molecule has 7 heterocycles. The van der Waals surface area contributed by atoms with Crippen molar-refractivity contribution < 1.29 is 0 Å². The number of pyridine rings is 2. The molecule has 0 spiro atoms. The Morgan fingerprint density at radius 3 is 1.29 bits per heavy atom. The fourth-order valence-electron chi connectivity index (χ4n) is 7.89.